The third kappa shape index (κ3) is 3.38. The first-order valence-corrected chi connectivity index (χ1v) is 8.62. The van der Waals surface area contributed by atoms with Crippen LogP contribution in [0.5, 0.6) is 0 Å². The van der Waals surface area contributed by atoms with Crippen molar-refractivity contribution in [2.24, 2.45) is 0 Å². The number of nitrogen functional groups attached to an aromatic ring is 1. The van der Waals surface area contributed by atoms with E-state index in [-0.39, 0.29) is 16.9 Å². The number of hydrogen-bond donors (Lipinski definition) is 1. The van der Waals surface area contributed by atoms with Crippen LogP contribution in [0.15, 0.2) is 58.7 Å². The van der Waals surface area contributed by atoms with Crippen molar-refractivity contribution in [3.63, 3.8) is 0 Å². The zero-order chi connectivity index (χ0) is 18.7. The molecule has 130 valence electrons. The van der Waals surface area contributed by atoms with E-state index in [1.165, 1.54) is 29.6 Å². The summed E-state index contributed by atoms with van der Waals surface area (Å²) in [5.41, 5.74) is 6.85. The fourth-order valence-corrected chi connectivity index (χ4v) is 3.43. The Balaban J connectivity index is 2.02. The number of nitrogens with zero attached hydrogens (tertiary/aromatic N) is 3. The summed E-state index contributed by atoms with van der Waals surface area (Å²) in [6.07, 6.45) is 3.19. The molecule has 0 bridgehead atoms. The molecule has 0 saturated carbocycles. The van der Waals surface area contributed by atoms with Crippen molar-refractivity contribution < 1.29 is 9.53 Å². The molecular formula is C18H13ClN4O2S. The maximum absolute atomic E-state index is 12.1. The van der Waals surface area contributed by atoms with Gasteiger partial charge in [0.2, 0.25) is 0 Å². The van der Waals surface area contributed by atoms with E-state index in [2.05, 4.69) is 4.98 Å². The lowest BCUT2D eigenvalue weighted by Gasteiger charge is -2.11. The van der Waals surface area contributed by atoms with E-state index in [1.54, 1.807) is 18.3 Å². The Morgan fingerprint density at radius 1 is 1.38 bits per heavy atom. The van der Waals surface area contributed by atoms with Crippen LogP contribution in [0.4, 0.5) is 5.69 Å². The van der Waals surface area contributed by atoms with Gasteiger partial charge in [0.15, 0.2) is 5.69 Å². The van der Waals surface area contributed by atoms with E-state index in [0.29, 0.717) is 10.7 Å². The summed E-state index contributed by atoms with van der Waals surface area (Å²) >= 11 is 7.83. The minimum absolute atomic E-state index is 0.0717. The normalized spacial score (nSPS) is 10.3. The number of methoxy groups -OCH3 is 1. The minimum atomic E-state index is -0.632. The van der Waals surface area contributed by atoms with Crippen molar-refractivity contribution in [1.82, 2.24) is 9.55 Å². The first kappa shape index (κ1) is 17.9. The van der Waals surface area contributed by atoms with E-state index in [4.69, 9.17) is 22.1 Å². The number of anilines is 1. The Morgan fingerprint density at radius 2 is 2.19 bits per heavy atom. The average molecular weight is 385 g/mol. The number of nitriles is 1. The highest BCUT2D eigenvalue weighted by atomic mass is 35.5. The summed E-state index contributed by atoms with van der Waals surface area (Å²) in [7, 11) is 1.25. The van der Waals surface area contributed by atoms with Crippen molar-refractivity contribution in [3.05, 3.63) is 65.1 Å². The van der Waals surface area contributed by atoms with Crippen LogP contribution in [0.2, 0.25) is 5.02 Å². The molecule has 6 nitrogen and oxygen atoms in total. The first-order valence-electron chi connectivity index (χ1n) is 7.43. The number of aromatic nitrogens is 2. The highest BCUT2D eigenvalue weighted by Gasteiger charge is 2.22. The average Bonchev–Trinajstić information content (AvgIpc) is 3.00. The van der Waals surface area contributed by atoms with Crippen molar-refractivity contribution in [2.45, 2.75) is 9.92 Å². The molecule has 0 aliphatic rings. The van der Waals surface area contributed by atoms with Gasteiger partial charge in [-0.15, -0.1) is 0 Å². The molecule has 0 radical (unpaired) electrons. The van der Waals surface area contributed by atoms with E-state index in [0.717, 1.165) is 9.92 Å². The summed E-state index contributed by atoms with van der Waals surface area (Å²) in [5.74, 6) is -0.632. The zero-order valence-electron chi connectivity index (χ0n) is 13.6. The predicted octanol–water partition coefficient (Wildman–Crippen LogP) is 3.92. The Labute approximate surface area is 159 Å². The Kier molecular flexibility index (Phi) is 5.16. The van der Waals surface area contributed by atoms with Crippen LogP contribution >= 0.6 is 23.4 Å². The van der Waals surface area contributed by atoms with Crippen LogP contribution in [0, 0.1) is 11.3 Å². The SMILES string of the molecule is COC(=O)c1c(N)c(C#N)cn1-c1ccc(Sc2ccccn2)c(Cl)c1. The summed E-state index contributed by atoms with van der Waals surface area (Å²) in [5, 5.41) is 10.5. The quantitative estimate of drug-likeness (QED) is 0.685. The Bertz CT molecular complexity index is 1010. The third-order valence-electron chi connectivity index (χ3n) is 3.59. The van der Waals surface area contributed by atoms with Gasteiger partial charge in [0.25, 0.3) is 0 Å². The van der Waals surface area contributed by atoms with Crippen molar-refractivity contribution in [2.75, 3.05) is 12.8 Å². The van der Waals surface area contributed by atoms with Gasteiger partial charge in [0.1, 0.15) is 11.1 Å². The predicted molar refractivity (Wildman–Crippen MR) is 99.6 cm³/mol. The molecule has 3 aromatic rings. The van der Waals surface area contributed by atoms with Gasteiger partial charge in [-0.25, -0.2) is 9.78 Å². The number of carbonyl (C=O) groups excluding carboxylic acids is 1. The maximum Gasteiger partial charge on any atom is 0.357 e. The number of esters is 1. The van der Waals surface area contributed by atoms with Gasteiger partial charge >= 0.3 is 5.97 Å². The molecule has 2 heterocycles. The van der Waals surface area contributed by atoms with Crippen molar-refractivity contribution >= 4 is 35.0 Å². The van der Waals surface area contributed by atoms with E-state index in [1.807, 2.05) is 30.3 Å². The molecule has 0 atom stereocenters. The number of carbonyl (C=O) groups is 1. The molecule has 0 aliphatic carbocycles. The fraction of sp³-hybridized carbons (Fsp3) is 0.0556. The second-order valence-electron chi connectivity index (χ2n) is 5.16. The van der Waals surface area contributed by atoms with E-state index >= 15 is 0 Å². The second kappa shape index (κ2) is 7.52. The highest BCUT2D eigenvalue weighted by molar-refractivity contribution is 7.99. The molecule has 0 aliphatic heterocycles. The second-order valence-corrected chi connectivity index (χ2v) is 6.63. The molecular weight excluding hydrogens is 372 g/mol. The summed E-state index contributed by atoms with van der Waals surface area (Å²) in [4.78, 5) is 17.1. The number of rotatable bonds is 4. The number of ether oxygens (including phenoxy) is 1. The molecule has 0 unspecified atom stereocenters. The molecule has 0 spiro atoms. The fourth-order valence-electron chi connectivity index (χ4n) is 2.36. The van der Waals surface area contributed by atoms with Crippen LogP contribution in [0.3, 0.4) is 0 Å². The van der Waals surface area contributed by atoms with Gasteiger partial charge in [0, 0.05) is 23.0 Å². The summed E-state index contributed by atoms with van der Waals surface area (Å²) in [6.45, 7) is 0. The summed E-state index contributed by atoms with van der Waals surface area (Å²) < 4.78 is 6.28. The van der Waals surface area contributed by atoms with Crippen molar-refractivity contribution in [1.29, 1.82) is 5.26 Å². The minimum Gasteiger partial charge on any atom is -0.464 e. The smallest absolute Gasteiger partial charge is 0.357 e. The number of pyridine rings is 1. The molecule has 26 heavy (non-hydrogen) atoms. The molecule has 1 aromatic carbocycles. The van der Waals surface area contributed by atoms with Crippen LogP contribution < -0.4 is 5.73 Å². The molecule has 0 saturated heterocycles. The largest absolute Gasteiger partial charge is 0.464 e. The van der Waals surface area contributed by atoms with Gasteiger partial charge in [-0.2, -0.15) is 5.26 Å². The monoisotopic (exact) mass is 384 g/mol. The number of halogens is 1. The standard InChI is InChI=1S/C18H13ClN4O2S/c1-25-18(24)17-16(21)11(9-20)10-23(17)12-5-6-14(13(19)8-12)26-15-4-2-3-7-22-15/h2-8,10H,21H2,1H3. The highest BCUT2D eigenvalue weighted by Crippen LogP contribution is 2.34. The van der Waals surface area contributed by atoms with Gasteiger partial charge in [0.05, 0.1) is 23.4 Å². The Morgan fingerprint density at radius 3 is 2.81 bits per heavy atom. The molecule has 0 amide bonds. The van der Waals surface area contributed by atoms with Crippen LogP contribution in [-0.4, -0.2) is 22.6 Å². The van der Waals surface area contributed by atoms with Gasteiger partial charge in [-0.3, -0.25) is 0 Å². The number of benzene rings is 1. The molecule has 8 heteroatoms. The lowest BCUT2D eigenvalue weighted by molar-refractivity contribution is 0.0593. The number of nitrogens with two attached hydrogens (primary N) is 1. The summed E-state index contributed by atoms with van der Waals surface area (Å²) in [6, 6.07) is 12.9. The lowest BCUT2D eigenvalue weighted by atomic mass is 10.2. The topological polar surface area (TPSA) is 93.9 Å². The van der Waals surface area contributed by atoms with Gasteiger partial charge in [-0.05, 0) is 30.3 Å². The maximum atomic E-state index is 12.1. The van der Waals surface area contributed by atoms with Crippen LogP contribution in [-0.2, 0) is 4.74 Å². The van der Waals surface area contributed by atoms with Crippen LogP contribution in [0.25, 0.3) is 5.69 Å². The molecule has 2 aromatic heterocycles. The van der Waals surface area contributed by atoms with E-state index in [9.17, 15) is 10.1 Å². The van der Waals surface area contributed by atoms with Crippen LogP contribution in [0.1, 0.15) is 16.1 Å². The number of hydrogen-bond acceptors (Lipinski definition) is 6. The van der Waals surface area contributed by atoms with Gasteiger partial charge in [-0.1, -0.05) is 29.4 Å². The Hall–Kier alpha value is -2.95. The molecule has 0 fully saturated rings. The van der Waals surface area contributed by atoms with Gasteiger partial charge < -0.3 is 15.0 Å². The molecule has 3 rings (SSSR count). The van der Waals surface area contributed by atoms with E-state index < -0.39 is 5.97 Å². The molecule has 2 N–H and O–H groups in total. The van der Waals surface area contributed by atoms with Crippen molar-refractivity contribution in [3.8, 4) is 11.8 Å². The first-order chi connectivity index (χ1) is 12.5. The zero-order valence-corrected chi connectivity index (χ0v) is 15.2. The third-order valence-corrected chi connectivity index (χ3v) is 5.04. The lowest BCUT2D eigenvalue weighted by Crippen LogP contribution is -2.11.